The minimum Gasteiger partial charge on any atom is -0.489 e. The summed E-state index contributed by atoms with van der Waals surface area (Å²) in [5.74, 6) is -0.216. The molecule has 1 aliphatic carbocycles. The number of allylic oxidation sites excluding steroid dienone is 1. The fourth-order valence-electron chi connectivity index (χ4n) is 7.93. The number of pyridine rings is 1. The number of rotatable bonds is 11. The zero-order valence-corrected chi connectivity index (χ0v) is 34.3. The first kappa shape index (κ1) is 39.4. The molecule has 2 aromatic heterocycles. The number of fused-ring (bicyclic) bond motifs is 2. The number of carbonyl (C=O) groups is 1. The molecule has 13 nitrogen and oxygen atoms in total. The Hall–Kier alpha value is -5.44. The molecule has 2 aliphatic heterocycles. The Morgan fingerprint density at radius 3 is 2.62 bits per heavy atom. The van der Waals surface area contributed by atoms with Crippen LogP contribution in [0.25, 0.3) is 16.6 Å². The van der Waals surface area contributed by atoms with Crippen molar-refractivity contribution in [2.24, 2.45) is 10.6 Å². The van der Waals surface area contributed by atoms with Crippen LogP contribution in [0.15, 0.2) is 94.8 Å². The summed E-state index contributed by atoms with van der Waals surface area (Å²) >= 11 is 6.24. The van der Waals surface area contributed by atoms with E-state index in [2.05, 4.69) is 61.0 Å². The van der Waals surface area contributed by atoms with E-state index in [-0.39, 0.29) is 45.7 Å². The van der Waals surface area contributed by atoms with E-state index in [9.17, 15) is 18.1 Å². The molecule has 58 heavy (non-hydrogen) atoms. The molecule has 8 rings (SSSR count). The van der Waals surface area contributed by atoms with Gasteiger partial charge in [-0.05, 0) is 89.9 Å². The fourth-order valence-corrected chi connectivity index (χ4v) is 9.06. The Labute approximate surface area is 342 Å². The summed E-state index contributed by atoms with van der Waals surface area (Å²) in [4.78, 5) is 37.6. The Bertz CT molecular complexity index is 2510. The third-order valence-corrected chi connectivity index (χ3v) is 12.9. The minimum absolute atomic E-state index is 0.00239. The standard InChI is InChI=1S/C43H46ClN7O6S/c1-4-31-26-56-39-22-34(21-37(48-53)40(39)47-31)58(54,55)49-42(52)35-10-9-32(20-38(35)57-33-19-28-12-14-45-41(28)46-24-33)51-17-15-50(16-18-51)25-29-11-13-43(2,3)23-36(29)27-5-7-30(44)8-6-27/h5-10,12,14,19-22,24,31,47H,4,11,13,15-18,23,25-26H2,1-3H3,(H,45,46)(H,49,52)/t31-/m0/s1. The summed E-state index contributed by atoms with van der Waals surface area (Å²) in [5, 5.41) is 7.76. The highest BCUT2D eigenvalue weighted by Crippen LogP contribution is 2.44. The van der Waals surface area contributed by atoms with Crippen LogP contribution in [0, 0.1) is 10.3 Å². The summed E-state index contributed by atoms with van der Waals surface area (Å²) in [7, 11) is -4.49. The predicted molar refractivity (Wildman–Crippen MR) is 227 cm³/mol. The Kier molecular flexibility index (Phi) is 10.9. The highest BCUT2D eigenvalue weighted by atomic mass is 35.5. The summed E-state index contributed by atoms with van der Waals surface area (Å²) in [6.45, 7) is 11.0. The molecule has 0 spiro atoms. The maximum atomic E-state index is 13.9. The number of nitrogens with one attached hydrogen (secondary N) is 3. The van der Waals surface area contributed by atoms with E-state index in [1.54, 1.807) is 36.7 Å². The molecule has 0 saturated carbocycles. The lowest BCUT2D eigenvalue weighted by Gasteiger charge is -2.39. The lowest BCUT2D eigenvalue weighted by atomic mass is 9.72. The van der Waals surface area contributed by atoms with Gasteiger partial charge in [-0.25, -0.2) is 18.1 Å². The second-order valence-corrected chi connectivity index (χ2v) is 18.1. The number of ether oxygens (including phenoxy) is 2. The van der Waals surface area contributed by atoms with Crippen molar-refractivity contribution in [3.63, 3.8) is 0 Å². The SMILES string of the molecule is CC[C@H]1COc2cc(S(=O)(=O)NC(=O)c3ccc(N4CCN(CC5=C(c6ccc(Cl)cc6)CC(C)(C)CC5)CC4)cc3Oc3cnc4[nH]ccc4c3)cc(N=O)c2N1. The van der Waals surface area contributed by atoms with Gasteiger partial charge in [0, 0.05) is 67.1 Å². The number of sulfonamides is 1. The number of amides is 1. The van der Waals surface area contributed by atoms with Crippen molar-refractivity contribution in [3.8, 4) is 17.2 Å². The quantitative estimate of drug-likeness (QED) is 0.110. The van der Waals surface area contributed by atoms with Gasteiger partial charge in [-0.3, -0.25) is 9.69 Å². The lowest BCUT2D eigenvalue weighted by Crippen LogP contribution is -2.47. The van der Waals surface area contributed by atoms with Gasteiger partial charge in [-0.2, -0.15) is 0 Å². The Morgan fingerprint density at radius 2 is 1.86 bits per heavy atom. The molecular formula is C43H46ClN7O6S. The average Bonchev–Trinajstić information content (AvgIpc) is 3.69. The zero-order chi connectivity index (χ0) is 40.6. The minimum atomic E-state index is -4.49. The summed E-state index contributed by atoms with van der Waals surface area (Å²) < 4.78 is 41.6. The Balaban J connectivity index is 1.03. The predicted octanol–water partition coefficient (Wildman–Crippen LogP) is 8.89. The molecular weight excluding hydrogens is 778 g/mol. The van der Waals surface area contributed by atoms with Crippen molar-refractivity contribution >= 4 is 61.2 Å². The van der Waals surface area contributed by atoms with Crippen molar-refractivity contribution < 1.29 is 22.7 Å². The van der Waals surface area contributed by atoms with Gasteiger partial charge in [0.1, 0.15) is 40.9 Å². The number of benzene rings is 3. The van der Waals surface area contributed by atoms with E-state index in [0.29, 0.717) is 17.1 Å². The van der Waals surface area contributed by atoms with Gasteiger partial charge in [-0.1, -0.05) is 50.1 Å². The van der Waals surface area contributed by atoms with Crippen LogP contribution in [0.5, 0.6) is 17.2 Å². The number of hydrogen-bond acceptors (Lipinski definition) is 11. The van der Waals surface area contributed by atoms with Gasteiger partial charge < -0.3 is 24.7 Å². The summed E-state index contributed by atoms with van der Waals surface area (Å²) in [5.41, 5.74) is 6.06. The molecule has 0 bridgehead atoms. The van der Waals surface area contributed by atoms with Crippen molar-refractivity contribution in [3.05, 3.63) is 106 Å². The van der Waals surface area contributed by atoms with E-state index in [1.165, 1.54) is 22.8 Å². The van der Waals surface area contributed by atoms with Crippen LogP contribution in [-0.2, 0) is 10.0 Å². The molecule has 3 aliphatic rings. The number of carbonyl (C=O) groups excluding carboxylic acids is 1. The van der Waals surface area contributed by atoms with Crippen molar-refractivity contribution in [1.29, 1.82) is 0 Å². The highest BCUT2D eigenvalue weighted by Gasteiger charge is 2.31. The van der Waals surface area contributed by atoms with Gasteiger partial charge in [0.2, 0.25) is 0 Å². The first-order valence-electron chi connectivity index (χ1n) is 19.5. The molecule has 302 valence electrons. The smallest absolute Gasteiger partial charge is 0.268 e. The molecule has 3 aromatic carbocycles. The molecule has 15 heteroatoms. The summed E-state index contributed by atoms with van der Waals surface area (Å²) in [6, 6.07) is 19.3. The molecule has 1 fully saturated rings. The molecule has 0 radical (unpaired) electrons. The van der Waals surface area contributed by atoms with Crippen molar-refractivity contribution in [2.45, 2.75) is 57.4 Å². The van der Waals surface area contributed by atoms with E-state index in [1.807, 2.05) is 25.1 Å². The highest BCUT2D eigenvalue weighted by molar-refractivity contribution is 7.90. The zero-order valence-electron chi connectivity index (χ0n) is 32.7. The van der Waals surface area contributed by atoms with Crippen LogP contribution < -0.4 is 24.4 Å². The van der Waals surface area contributed by atoms with Crippen LogP contribution in [0.4, 0.5) is 17.1 Å². The molecule has 5 aromatic rings. The Morgan fingerprint density at radius 1 is 1.07 bits per heavy atom. The van der Waals surface area contributed by atoms with E-state index >= 15 is 0 Å². The topological polar surface area (TPSA) is 158 Å². The third-order valence-electron chi connectivity index (χ3n) is 11.3. The molecule has 1 saturated heterocycles. The number of aromatic amines is 1. The number of piperazine rings is 1. The molecule has 0 unspecified atom stereocenters. The maximum Gasteiger partial charge on any atom is 0.268 e. The lowest BCUT2D eigenvalue weighted by molar-refractivity contribution is 0.0979. The third kappa shape index (κ3) is 8.40. The first-order chi connectivity index (χ1) is 27.9. The molecule has 1 atom stereocenters. The molecule has 1 amide bonds. The van der Waals surface area contributed by atoms with Gasteiger partial charge in [0.25, 0.3) is 15.9 Å². The van der Waals surface area contributed by atoms with Crippen LogP contribution in [-0.4, -0.2) is 74.6 Å². The number of nitroso groups, excluding NO2 is 1. The van der Waals surface area contributed by atoms with Crippen LogP contribution in [0.1, 0.15) is 62.4 Å². The molecule has 3 N–H and O–H groups in total. The van der Waals surface area contributed by atoms with E-state index < -0.39 is 15.9 Å². The monoisotopic (exact) mass is 823 g/mol. The second-order valence-electron chi connectivity index (χ2n) is 16.0. The number of halogens is 1. The van der Waals surface area contributed by atoms with Crippen molar-refractivity contribution in [1.82, 2.24) is 19.6 Å². The fraction of sp³-hybridized carbons (Fsp3) is 0.349. The average molecular weight is 824 g/mol. The first-order valence-corrected chi connectivity index (χ1v) is 21.4. The number of nitrogens with zero attached hydrogens (tertiary/aromatic N) is 4. The molecule has 4 heterocycles. The normalized spacial score (nSPS) is 18.3. The number of aromatic nitrogens is 2. The van der Waals surface area contributed by atoms with Gasteiger partial charge in [0.05, 0.1) is 22.7 Å². The van der Waals surface area contributed by atoms with Crippen LogP contribution in [0.2, 0.25) is 5.02 Å². The largest absolute Gasteiger partial charge is 0.489 e. The van der Waals surface area contributed by atoms with Crippen LogP contribution in [0.3, 0.4) is 0 Å². The van der Waals surface area contributed by atoms with Crippen molar-refractivity contribution in [2.75, 3.05) is 49.5 Å². The second kappa shape index (κ2) is 16.1. The van der Waals surface area contributed by atoms with E-state index in [0.717, 1.165) is 80.6 Å². The van der Waals surface area contributed by atoms with E-state index in [4.69, 9.17) is 21.1 Å². The number of hydrogen-bond donors (Lipinski definition) is 3. The van der Waals surface area contributed by atoms with Gasteiger partial charge in [-0.15, -0.1) is 4.91 Å². The van der Waals surface area contributed by atoms with Gasteiger partial charge >= 0.3 is 0 Å². The van der Waals surface area contributed by atoms with Crippen LogP contribution >= 0.6 is 11.6 Å². The summed E-state index contributed by atoms with van der Waals surface area (Å²) in [6.07, 6.45) is 7.26. The van der Waals surface area contributed by atoms with Gasteiger partial charge in [0.15, 0.2) is 0 Å². The number of H-pyrrole nitrogens is 1. The maximum absolute atomic E-state index is 13.9. The number of anilines is 2.